The first kappa shape index (κ1) is 24.6. The molecular weight excluding hydrogens is 432 g/mol. The Morgan fingerprint density at radius 2 is 1.73 bits per heavy atom. The highest BCUT2D eigenvalue weighted by atomic mass is 19.3. The van der Waals surface area contributed by atoms with Gasteiger partial charge in [-0.15, -0.1) is 6.58 Å². The lowest BCUT2D eigenvalue weighted by Crippen LogP contribution is -2.45. The van der Waals surface area contributed by atoms with Crippen LogP contribution >= 0.6 is 0 Å². The van der Waals surface area contributed by atoms with Crippen LogP contribution in [-0.2, 0) is 4.74 Å². The minimum atomic E-state index is -2.67. The van der Waals surface area contributed by atoms with E-state index in [2.05, 4.69) is 6.58 Å². The van der Waals surface area contributed by atoms with Gasteiger partial charge in [0.15, 0.2) is 11.6 Å². The maximum Gasteiger partial charge on any atom is 0.251 e. The summed E-state index contributed by atoms with van der Waals surface area (Å²) in [6.07, 6.45) is 7.78. The molecule has 2 nitrogen and oxygen atoms in total. The smallest absolute Gasteiger partial charge is 0.251 e. The monoisotopic (exact) mass is 468 g/mol. The zero-order valence-electron chi connectivity index (χ0n) is 19.5. The Morgan fingerprint density at radius 1 is 1.00 bits per heavy atom. The van der Waals surface area contributed by atoms with Crippen LogP contribution in [0.2, 0.25) is 0 Å². The summed E-state index contributed by atoms with van der Waals surface area (Å²) in [5.41, 5.74) is 0.276. The summed E-state index contributed by atoms with van der Waals surface area (Å²) in [7, 11) is 0. The van der Waals surface area contributed by atoms with Crippen LogP contribution in [-0.4, -0.2) is 25.2 Å². The maximum atomic E-state index is 15.2. The molecule has 1 aromatic rings. The van der Waals surface area contributed by atoms with Gasteiger partial charge in [-0.1, -0.05) is 12.1 Å². The summed E-state index contributed by atoms with van der Waals surface area (Å²) in [5, 5.41) is 0. The van der Waals surface area contributed by atoms with Crippen LogP contribution in [0.5, 0.6) is 5.75 Å². The summed E-state index contributed by atoms with van der Waals surface area (Å²) in [4.78, 5) is 0. The van der Waals surface area contributed by atoms with Gasteiger partial charge < -0.3 is 9.47 Å². The van der Waals surface area contributed by atoms with Crippen LogP contribution in [0.1, 0.15) is 76.2 Å². The molecule has 3 aliphatic rings. The van der Waals surface area contributed by atoms with Gasteiger partial charge in [0.05, 0.1) is 19.3 Å². The minimum absolute atomic E-state index is 0.0923. The molecule has 0 radical (unpaired) electrons. The maximum absolute atomic E-state index is 15.2. The van der Waals surface area contributed by atoms with Crippen molar-refractivity contribution in [1.82, 2.24) is 0 Å². The van der Waals surface area contributed by atoms with E-state index in [4.69, 9.17) is 9.47 Å². The van der Waals surface area contributed by atoms with Gasteiger partial charge in [-0.25, -0.2) is 13.2 Å². The topological polar surface area (TPSA) is 18.5 Å². The summed E-state index contributed by atoms with van der Waals surface area (Å²) < 4.78 is 70.3. The minimum Gasteiger partial charge on any atom is -0.491 e. The zero-order valence-corrected chi connectivity index (χ0v) is 19.5. The normalized spacial score (nSPS) is 34.6. The molecule has 1 aromatic carbocycles. The Labute approximate surface area is 194 Å². The van der Waals surface area contributed by atoms with E-state index >= 15 is 8.78 Å². The second kappa shape index (κ2) is 10.4. The first-order valence-electron chi connectivity index (χ1n) is 12.6. The number of rotatable bonds is 6. The van der Waals surface area contributed by atoms with Gasteiger partial charge in [-0.05, 0) is 87.7 Å². The molecule has 0 N–H and O–H groups in total. The Hall–Kier alpha value is -1.56. The van der Waals surface area contributed by atoms with Crippen molar-refractivity contribution in [3.63, 3.8) is 0 Å². The highest BCUT2D eigenvalue weighted by Crippen LogP contribution is 2.51. The lowest BCUT2D eigenvalue weighted by Gasteiger charge is -2.45. The van der Waals surface area contributed by atoms with Gasteiger partial charge in [0.1, 0.15) is 0 Å². The van der Waals surface area contributed by atoms with Crippen molar-refractivity contribution in [2.24, 2.45) is 23.7 Å². The average molecular weight is 469 g/mol. The SMILES string of the molecule is C=CC1CCC(C2CCC(C3CCC(c4ccc(OCC)c(F)c4F)CO3)CC2(F)F)CC1. The molecule has 0 amide bonds. The fraction of sp³-hybridized carbons (Fsp3) is 0.704. The molecule has 1 aliphatic heterocycles. The van der Waals surface area contributed by atoms with Crippen LogP contribution in [0, 0.1) is 35.3 Å². The van der Waals surface area contributed by atoms with Crippen molar-refractivity contribution in [3.8, 4) is 5.75 Å². The molecule has 4 unspecified atom stereocenters. The molecular formula is C27H36F4O2. The lowest BCUT2D eigenvalue weighted by molar-refractivity contribution is -0.152. The lowest BCUT2D eigenvalue weighted by atomic mass is 9.66. The van der Waals surface area contributed by atoms with Crippen LogP contribution < -0.4 is 4.74 Å². The Kier molecular flexibility index (Phi) is 7.72. The standard InChI is InChI=1S/C27H36F4O2/c1-3-17-5-7-18(8-6-17)22-12-9-19(15-27(22,30)31)23-13-10-20(16-33-23)21-11-14-24(32-4-2)26(29)25(21)28/h3,11,14,17-20,22-23H,1,4-10,12-13,15-16H2,2H3. The van der Waals surface area contributed by atoms with Crippen molar-refractivity contribution in [2.45, 2.75) is 82.7 Å². The van der Waals surface area contributed by atoms with E-state index in [1.165, 1.54) is 6.07 Å². The third-order valence-electron chi connectivity index (χ3n) is 8.30. The van der Waals surface area contributed by atoms with E-state index in [9.17, 15) is 8.78 Å². The Bertz CT molecular complexity index is 811. The van der Waals surface area contributed by atoms with Gasteiger partial charge in [0.2, 0.25) is 5.82 Å². The van der Waals surface area contributed by atoms with E-state index in [0.29, 0.717) is 25.2 Å². The quantitative estimate of drug-likeness (QED) is 0.315. The van der Waals surface area contributed by atoms with Crippen LogP contribution in [0.25, 0.3) is 0 Å². The predicted molar refractivity (Wildman–Crippen MR) is 121 cm³/mol. The van der Waals surface area contributed by atoms with E-state index in [1.807, 2.05) is 6.08 Å². The number of alkyl halides is 2. The molecule has 1 saturated heterocycles. The number of ether oxygens (including phenoxy) is 2. The predicted octanol–water partition coefficient (Wildman–Crippen LogP) is 7.67. The molecule has 33 heavy (non-hydrogen) atoms. The van der Waals surface area contributed by atoms with Crippen molar-refractivity contribution in [3.05, 3.63) is 42.0 Å². The molecule has 0 bridgehead atoms. The van der Waals surface area contributed by atoms with Crippen LogP contribution in [0.15, 0.2) is 24.8 Å². The Balaban J connectivity index is 1.33. The second-order valence-electron chi connectivity index (χ2n) is 10.2. The van der Waals surface area contributed by atoms with E-state index in [-0.39, 0.29) is 54.8 Å². The molecule has 2 saturated carbocycles. The first-order valence-corrected chi connectivity index (χ1v) is 12.6. The van der Waals surface area contributed by atoms with Gasteiger partial charge >= 0.3 is 0 Å². The fourth-order valence-electron chi connectivity index (χ4n) is 6.41. The van der Waals surface area contributed by atoms with E-state index in [0.717, 1.165) is 32.1 Å². The van der Waals surface area contributed by atoms with E-state index in [1.54, 1.807) is 13.0 Å². The average Bonchev–Trinajstić information content (AvgIpc) is 2.82. The number of allylic oxidation sites excluding steroid dienone is 1. The zero-order chi connectivity index (χ0) is 23.6. The largest absolute Gasteiger partial charge is 0.491 e. The molecule has 4 rings (SSSR count). The summed E-state index contributed by atoms with van der Waals surface area (Å²) in [5.74, 6) is -5.04. The molecule has 184 valence electrons. The molecule has 2 aliphatic carbocycles. The summed E-state index contributed by atoms with van der Waals surface area (Å²) in [6, 6.07) is 3.01. The van der Waals surface area contributed by atoms with Gasteiger partial charge in [-0.3, -0.25) is 0 Å². The number of hydrogen-bond acceptors (Lipinski definition) is 2. The summed E-state index contributed by atoms with van der Waals surface area (Å²) >= 11 is 0. The highest BCUT2D eigenvalue weighted by molar-refractivity contribution is 5.33. The molecule has 4 atom stereocenters. The third-order valence-corrected chi connectivity index (χ3v) is 8.30. The van der Waals surface area contributed by atoms with Gasteiger partial charge in [0, 0.05) is 18.3 Å². The molecule has 0 spiro atoms. The van der Waals surface area contributed by atoms with Crippen molar-refractivity contribution in [1.29, 1.82) is 0 Å². The van der Waals surface area contributed by atoms with Crippen LogP contribution in [0.3, 0.4) is 0 Å². The van der Waals surface area contributed by atoms with Gasteiger partial charge in [0.25, 0.3) is 5.92 Å². The van der Waals surface area contributed by atoms with Crippen molar-refractivity contribution < 1.29 is 27.0 Å². The highest BCUT2D eigenvalue weighted by Gasteiger charge is 2.50. The van der Waals surface area contributed by atoms with Crippen molar-refractivity contribution >= 4 is 0 Å². The number of hydrogen-bond donors (Lipinski definition) is 0. The number of benzene rings is 1. The van der Waals surface area contributed by atoms with Gasteiger partial charge in [-0.2, -0.15) is 4.39 Å². The summed E-state index contributed by atoms with van der Waals surface area (Å²) in [6.45, 7) is 6.05. The third kappa shape index (κ3) is 5.26. The first-order chi connectivity index (χ1) is 15.8. The molecule has 0 aromatic heterocycles. The second-order valence-corrected chi connectivity index (χ2v) is 10.2. The Morgan fingerprint density at radius 3 is 2.33 bits per heavy atom. The fourth-order valence-corrected chi connectivity index (χ4v) is 6.41. The van der Waals surface area contributed by atoms with E-state index < -0.39 is 23.5 Å². The van der Waals surface area contributed by atoms with Crippen molar-refractivity contribution in [2.75, 3.05) is 13.2 Å². The molecule has 1 heterocycles. The number of halogens is 4. The molecule has 6 heteroatoms. The molecule has 3 fully saturated rings. The van der Waals surface area contributed by atoms with Crippen LogP contribution in [0.4, 0.5) is 17.6 Å².